The summed E-state index contributed by atoms with van der Waals surface area (Å²) in [4.78, 5) is 11.8. The number of methoxy groups -OCH3 is 1. The van der Waals surface area contributed by atoms with Gasteiger partial charge in [0.25, 0.3) is 0 Å². The van der Waals surface area contributed by atoms with Gasteiger partial charge in [-0.05, 0) is 36.4 Å². The summed E-state index contributed by atoms with van der Waals surface area (Å²) in [5.74, 6) is 0.243. The molecular formula is C16H13BrCl2O4. The van der Waals surface area contributed by atoms with Crippen LogP contribution in [0.15, 0.2) is 42.5 Å². The zero-order valence-electron chi connectivity index (χ0n) is 12.1. The zero-order valence-corrected chi connectivity index (χ0v) is 15.2. The molecule has 0 aliphatic rings. The molecule has 122 valence electrons. The standard InChI is InChI=1S/C16H13BrCl2O4/c1-22-15(20)16(21,9-17)13-7-6-12(8-14(13)19)23-11-4-2-10(18)3-5-11/h2-8,21H,9H2,1H3. The van der Waals surface area contributed by atoms with Crippen molar-refractivity contribution < 1.29 is 19.4 Å². The number of carbonyl (C=O) groups excluding carboxylic acids is 1. The highest BCUT2D eigenvalue weighted by molar-refractivity contribution is 9.09. The molecule has 1 N–H and O–H groups in total. The number of rotatable bonds is 5. The number of halogens is 3. The maximum Gasteiger partial charge on any atom is 0.343 e. The lowest BCUT2D eigenvalue weighted by Gasteiger charge is -2.24. The minimum atomic E-state index is -1.87. The van der Waals surface area contributed by atoms with E-state index in [-0.39, 0.29) is 15.9 Å². The Labute approximate surface area is 152 Å². The van der Waals surface area contributed by atoms with E-state index < -0.39 is 11.6 Å². The first kappa shape index (κ1) is 18.1. The van der Waals surface area contributed by atoms with E-state index in [1.165, 1.54) is 19.2 Å². The summed E-state index contributed by atoms with van der Waals surface area (Å²) in [5.41, 5.74) is -1.64. The third-order valence-electron chi connectivity index (χ3n) is 3.15. The molecule has 1 unspecified atom stereocenters. The molecule has 7 heteroatoms. The number of hydrogen-bond donors (Lipinski definition) is 1. The summed E-state index contributed by atoms with van der Waals surface area (Å²) in [6.07, 6.45) is 0. The zero-order chi connectivity index (χ0) is 17.0. The first-order valence-corrected chi connectivity index (χ1v) is 8.38. The summed E-state index contributed by atoms with van der Waals surface area (Å²) in [6, 6.07) is 11.5. The Balaban J connectivity index is 2.30. The van der Waals surface area contributed by atoms with Gasteiger partial charge >= 0.3 is 5.97 Å². The normalized spacial score (nSPS) is 13.3. The van der Waals surface area contributed by atoms with E-state index in [2.05, 4.69) is 20.7 Å². The number of esters is 1. The highest BCUT2D eigenvalue weighted by atomic mass is 79.9. The molecule has 4 nitrogen and oxygen atoms in total. The fourth-order valence-corrected chi connectivity index (χ4v) is 2.92. The average Bonchev–Trinajstić information content (AvgIpc) is 2.55. The van der Waals surface area contributed by atoms with Crippen LogP contribution in [-0.2, 0) is 15.1 Å². The van der Waals surface area contributed by atoms with Crippen LogP contribution < -0.4 is 4.74 Å². The van der Waals surface area contributed by atoms with Crippen LogP contribution in [0.3, 0.4) is 0 Å². The van der Waals surface area contributed by atoms with Crippen molar-refractivity contribution in [1.82, 2.24) is 0 Å². The van der Waals surface area contributed by atoms with E-state index in [1.807, 2.05) is 0 Å². The molecule has 0 bridgehead atoms. The van der Waals surface area contributed by atoms with Crippen LogP contribution in [0.5, 0.6) is 11.5 Å². The summed E-state index contributed by atoms with van der Waals surface area (Å²) in [5, 5.41) is 11.2. The number of alkyl halides is 1. The molecule has 0 amide bonds. The fraction of sp³-hybridized carbons (Fsp3) is 0.188. The van der Waals surface area contributed by atoms with Gasteiger partial charge in [-0.15, -0.1) is 0 Å². The Bertz CT molecular complexity index is 706. The topological polar surface area (TPSA) is 55.8 Å². The van der Waals surface area contributed by atoms with Crippen LogP contribution in [0.2, 0.25) is 10.0 Å². The number of carbonyl (C=O) groups is 1. The molecule has 23 heavy (non-hydrogen) atoms. The highest BCUT2D eigenvalue weighted by Crippen LogP contribution is 2.35. The Kier molecular flexibility index (Phi) is 5.92. The second kappa shape index (κ2) is 7.53. The molecule has 2 aromatic rings. The van der Waals surface area contributed by atoms with Crippen LogP contribution in [0.1, 0.15) is 5.56 Å². The largest absolute Gasteiger partial charge is 0.467 e. The third-order valence-corrected chi connectivity index (χ3v) is 4.53. The Morgan fingerprint density at radius 1 is 1.17 bits per heavy atom. The maximum atomic E-state index is 11.8. The summed E-state index contributed by atoms with van der Waals surface area (Å²) in [6.45, 7) is 0. The SMILES string of the molecule is COC(=O)C(O)(CBr)c1ccc(Oc2ccc(Cl)cc2)cc1Cl. The van der Waals surface area contributed by atoms with Gasteiger partial charge in [-0.2, -0.15) is 0 Å². The van der Waals surface area contributed by atoms with E-state index in [9.17, 15) is 9.90 Å². The van der Waals surface area contributed by atoms with Crippen molar-refractivity contribution >= 4 is 45.1 Å². The van der Waals surface area contributed by atoms with Crippen LogP contribution in [0.4, 0.5) is 0 Å². The lowest BCUT2D eigenvalue weighted by atomic mass is 9.96. The lowest BCUT2D eigenvalue weighted by molar-refractivity contribution is -0.160. The van der Waals surface area contributed by atoms with Crippen molar-refractivity contribution in [2.75, 3.05) is 12.4 Å². The summed E-state index contributed by atoms with van der Waals surface area (Å²) >= 11 is 15.1. The lowest BCUT2D eigenvalue weighted by Crippen LogP contribution is -2.38. The predicted molar refractivity (Wildman–Crippen MR) is 92.7 cm³/mol. The van der Waals surface area contributed by atoms with Gasteiger partial charge in [0, 0.05) is 15.9 Å². The van der Waals surface area contributed by atoms with Gasteiger partial charge in [-0.25, -0.2) is 4.79 Å². The molecule has 0 radical (unpaired) electrons. The van der Waals surface area contributed by atoms with Crippen LogP contribution >= 0.6 is 39.1 Å². The molecule has 0 aliphatic carbocycles. The first-order chi connectivity index (χ1) is 10.9. The van der Waals surface area contributed by atoms with Gasteiger partial charge in [-0.3, -0.25) is 0 Å². The molecule has 0 aliphatic heterocycles. The second-order valence-corrected chi connectivity index (χ2v) is 6.09. The van der Waals surface area contributed by atoms with Crippen molar-refractivity contribution in [1.29, 1.82) is 0 Å². The minimum absolute atomic E-state index is 0.0518. The number of ether oxygens (including phenoxy) is 2. The monoisotopic (exact) mass is 418 g/mol. The van der Waals surface area contributed by atoms with E-state index in [1.54, 1.807) is 30.3 Å². The van der Waals surface area contributed by atoms with Crippen molar-refractivity contribution in [2.45, 2.75) is 5.60 Å². The molecular weight excluding hydrogens is 407 g/mol. The van der Waals surface area contributed by atoms with Crippen molar-refractivity contribution in [3.63, 3.8) is 0 Å². The Hall–Kier alpha value is -1.27. The number of aliphatic hydroxyl groups is 1. The van der Waals surface area contributed by atoms with Crippen molar-refractivity contribution in [2.24, 2.45) is 0 Å². The first-order valence-electron chi connectivity index (χ1n) is 6.51. The summed E-state index contributed by atoms with van der Waals surface area (Å²) in [7, 11) is 1.20. The van der Waals surface area contributed by atoms with E-state index in [0.29, 0.717) is 16.5 Å². The quantitative estimate of drug-likeness (QED) is 0.570. The number of benzene rings is 2. The Morgan fingerprint density at radius 3 is 2.30 bits per heavy atom. The molecule has 0 saturated heterocycles. The van der Waals surface area contributed by atoms with Crippen molar-refractivity contribution in [3.05, 3.63) is 58.1 Å². The highest BCUT2D eigenvalue weighted by Gasteiger charge is 2.40. The fourth-order valence-electron chi connectivity index (χ4n) is 1.94. The van der Waals surface area contributed by atoms with E-state index in [4.69, 9.17) is 27.9 Å². The van der Waals surface area contributed by atoms with Gasteiger partial charge in [0.15, 0.2) is 5.60 Å². The minimum Gasteiger partial charge on any atom is -0.467 e. The molecule has 0 fully saturated rings. The molecule has 0 aromatic heterocycles. The molecule has 2 aromatic carbocycles. The molecule has 2 rings (SSSR count). The van der Waals surface area contributed by atoms with Crippen LogP contribution in [0.25, 0.3) is 0 Å². The second-order valence-electron chi connectivity index (χ2n) is 4.68. The van der Waals surface area contributed by atoms with Crippen LogP contribution in [0, 0.1) is 0 Å². The van der Waals surface area contributed by atoms with Gasteiger partial charge in [0.1, 0.15) is 11.5 Å². The van der Waals surface area contributed by atoms with Gasteiger partial charge < -0.3 is 14.6 Å². The van der Waals surface area contributed by atoms with Crippen molar-refractivity contribution in [3.8, 4) is 11.5 Å². The van der Waals surface area contributed by atoms with Gasteiger partial charge in [0.05, 0.1) is 12.1 Å². The molecule has 0 heterocycles. The summed E-state index contributed by atoms with van der Waals surface area (Å²) < 4.78 is 10.3. The maximum absolute atomic E-state index is 11.8. The number of hydrogen-bond acceptors (Lipinski definition) is 4. The molecule has 1 atom stereocenters. The molecule has 0 spiro atoms. The predicted octanol–water partition coefficient (Wildman–Crippen LogP) is 4.54. The smallest absolute Gasteiger partial charge is 0.343 e. The van der Waals surface area contributed by atoms with Gasteiger partial charge in [0.2, 0.25) is 0 Å². The molecule has 0 saturated carbocycles. The average molecular weight is 420 g/mol. The van der Waals surface area contributed by atoms with E-state index >= 15 is 0 Å². The third kappa shape index (κ3) is 3.98. The van der Waals surface area contributed by atoms with E-state index in [0.717, 1.165) is 0 Å². The van der Waals surface area contributed by atoms with Crippen LogP contribution in [-0.4, -0.2) is 23.5 Å². The Morgan fingerprint density at radius 2 is 1.78 bits per heavy atom. The van der Waals surface area contributed by atoms with Gasteiger partial charge in [-0.1, -0.05) is 45.2 Å².